The highest BCUT2D eigenvalue weighted by atomic mass is 16.6. The minimum Gasteiger partial charge on any atom is -0.322 e. The van der Waals surface area contributed by atoms with Crippen LogP contribution >= 0.6 is 0 Å². The Balaban J connectivity index is 2.24. The Morgan fingerprint density at radius 2 is 1.64 bits per heavy atom. The van der Waals surface area contributed by atoms with Gasteiger partial charge in [-0.1, -0.05) is 17.7 Å². The van der Waals surface area contributed by atoms with Gasteiger partial charge in [0.2, 0.25) is 5.91 Å². The molecule has 0 bridgehead atoms. The van der Waals surface area contributed by atoms with E-state index in [-0.39, 0.29) is 11.4 Å². The van der Waals surface area contributed by atoms with Crippen LogP contribution in [0.15, 0.2) is 54.2 Å². The molecule has 2 aromatic carbocycles. The Morgan fingerprint density at radius 1 is 1.04 bits per heavy atom. The number of nitro groups is 1. The van der Waals surface area contributed by atoms with Crippen molar-refractivity contribution in [1.29, 1.82) is 0 Å². The molecule has 0 aromatic heterocycles. The molecule has 128 valence electrons. The van der Waals surface area contributed by atoms with Crippen LogP contribution in [0, 0.1) is 17.0 Å². The van der Waals surface area contributed by atoms with E-state index in [0.29, 0.717) is 11.3 Å². The molecule has 2 rings (SSSR count). The lowest BCUT2D eigenvalue weighted by atomic mass is 10.1. The summed E-state index contributed by atoms with van der Waals surface area (Å²) in [5.41, 5.74) is 2.19. The highest BCUT2D eigenvalue weighted by Crippen LogP contribution is 2.15. The number of anilines is 1. The molecule has 2 aromatic rings. The lowest BCUT2D eigenvalue weighted by Gasteiger charge is -2.10. The standard InChI is InChI=1S/C18H17N3O4/c1-12-3-7-15(8-4-12)20-18(23)17(19-13(2)22)11-14-5-9-16(10-6-14)21(24)25/h3-11H,1-2H3,(H,19,22)(H,20,23)/b17-11+. The van der Waals surface area contributed by atoms with Crippen LogP contribution in [-0.2, 0) is 9.59 Å². The third-order valence-electron chi connectivity index (χ3n) is 3.28. The van der Waals surface area contributed by atoms with Gasteiger partial charge < -0.3 is 10.6 Å². The summed E-state index contributed by atoms with van der Waals surface area (Å²) < 4.78 is 0. The second-order valence-electron chi connectivity index (χ2n) is 5.41. The molecule has 0 aliphatic heterocycles. The molecule has 25 heavy (non-hydrogen) atoms. The van der Waals surface area contributed by atoms with Crippen LogP contribution in [0.1, 0.15) is 18.1 Å². The van der Waals surface area contributed by atoms with Crippen molar-refractivity contribution < 1.29 is 14.5 Å². The average molecular weight is 339 g/mol. The largest absolute Gasteiger partial charge is 0.322 e. The minimum atomic E-state index is -0.508. The Hall–Kier alpha value is -3.48. The Bertz CT molecular complexity index is 824. The summed E-state index contributed by atoms with van der Waals surface area (Å²) in [6, 6.07) is 12.9. The average Bonchev–Trinajstić information content (AvgIpc) is 2.56. The van der Waals surface area contributed by atoms with Gasteiger partial charge in [-0.05, 0) is 42.8 Å². The molecule has 2 amide bonds. The van der Waals surface area contributed by atoms with Gasteiger partial charge in [0.15, 0.2) is 0 Å². The Kier molecular flexibility index (Phi) is 5.62. The first-order valence-electron chi connectivity index (χ1n) is 7.47. The number of amides is 2. The third-order valence-corrected chi connectivity index (χ3v) is 3.28. The number of aryl methyl sites for hydroxylation is 1. The van der Waals surface area contributed by atoms with Crippen molar-refractivity contribution >= 4 is 29.3 Å². The van der Waals surface area contributed by atoms with Gasteiger partial charge >= 0.3 is 0 Å². The normalized spacial score (nSPS) is 10.9. The molecule has 0 unspecified atom stereocenters. The zero-order chi connectivity index (χ0) is 18.4. The maximum Gasteiger partial charge on any atom is 0.272 e. The van der Waals surface area contributed by atoms with E-state index < -0.39 is 16.7 Å². The SMILES string of the molecule is CC(=O)N/C(=C/c1ccc([N+](=O)[O-])cc1)C(=O)Nc1ccc(C)cc1. The van der Waals surface area contributed by atoms with Crippen molar-refractivity contribution in [2.24, 2.45) is 0 Å². The predicted octanol–water partition coefficient (Wildman–Crippen LogP) is 3.02. The van der Waals surface area contributed by atoms with Gasteiger partial charge in [0.25, 0.3) is 11.6 Å². The lowest BCUT2D eigenvalue weighted by molar-refractivity contribution is -0.384. The van der Waals surface area contributed by atoms with Crippen LogP contribution in [0.4, 0.5) is 11.4 Å². The molecule has 2 N–H and O–H groups in total. The van der Waals surface area contributed by atoms with Crippen molar-refractivity contribution in [3.63, 3.8) is 0 Å². The fourth-order valence-corrected chi connectivity index (χ4v) is 2.04. The van der Waals surface area contributed by atoms with Crippen molar-refractivity contribution in [1.82, 2.24) is 5.32 Å². The maximum absolute atomic E-state index is 12.4. The zero-order valence-corrected chi connectivity index (χ0v) is 13.8. The molecule has 0 fully saturated rings. The smallest absolute Gasteiger partial charge is 0.272 e. The van der Waals surface area contributed by atoms with Gasteiger partial charge in [-0.3, -0.25) is 19.7 Å². The molecular formula is C18H17N3O4. The summed E-state index contributed by atoms with van der Waals surface area (Å²) in [7, 11) is 0. The summed E-state index contributed by atoms with van der Waals surface area (Å²) in [4.78, 5) is 34.0. The first kappa shape index (κ1) is 17.9. The van der Waals surface area contributed by atoms with E-state index in [9.17, 15) is 19.7 Å². The van der Waals surface area contributed by atoms with Crippen molar-refractivity contribution in [2.75, 3.05) is 5.32 Å². The summed E-state index contributed by atoms with van der Waals surface area (Å²) >= 11 is 0. The molecule has 0 aliphatic rings. The number of hydrogen-bond acceptors (Lipinski definition) is 4. The molecule has 7 nitrogen and oxygen atoms in total. The monoisotopic (exact) mass is 339 g/mol. The van der Waals surface area contributed by atoms with Gasteiger partial charge in [-0.2, -0.15) is 0 Å². The maximum atomic E-state index is 12.4. The predicted molar refractivity (Wildman–Crippen MR) is 94.7 cm³/mol. The number of nitrogens with one attached hydrogen (secondary N) is 2. The molecule has 0 saturated carbocycles. The third kappa shape index (κ3) is 5.28. The Morgan fingerprint density at radius 3 is 2.16 bits per heavy atom. The van der Waals surface area contributed by atoms with E-state index in [1.807, 2.05) is 19.1 Å². The number of carbonyl (C=O) groups excluding carboxylic acids is 2. The van der Waals surface area contributed by atoms with Crippen LogP contribution in [-0.4, -0.2) is 16.7 Å². The van der Waals surface area contributed by atoms with Crippen LogP contribution in [0.25, 0.3) is 6.08 Å². The molecule has 0 heterocycles. The van der Waals surface area contributed by atoms with Crippen molar-refractivity contribution in [3.8, 4) is 0 Å². The molecule has 0 saturated heterocycles. The van der Waals surface area contributed by atoms with Crippen molar-refractivity contribution in [3.05, 3.63) is 75.5 Å². The number of benzene rings is 2. The van der Waals surface area contributed by atoms with Gasteiger partial charge in [0.05, 0.1) is 4.92 Å². The highest BCUT2D eigenvalue weighted by Gasteiger charge is 2.12. The topological polar surface area (TPSA) is 101 Å². The zero-order valence-electron chi connectivity index (χ0n) is 13.8. The molecule has 0 spiro atoms. The minimum absolute atomic E-state index is 0.0435. The van der Waals surface area contributed by atoms with Crippen LogP contribution in [0.2, 0.25) is 0 Å². The van der Waals surface area contributed by atoms with Gasteiger partial charge in [0, 0.05) is 24.7 Å². The number of nitrogens with zero attached hydrogens (tertiary/aromatic N) is 1. The highest BCUT2D eigenvalue weighted by molar-refractivity contribution is 6.08. The summed E-state index contributed by atoms with van der Waals surface area (Å²) in [5.74, 6) is -0.885. The van der Waals surface area contributed by atoms with E-state index in [2.05, 4.69) is 10.6 Å². The van der Waals surface area contributed by atoms with Crippen LogP contribution < -0.4 is 10.6 Å². The van der Waals surface area contributed by atoms with Gasteiger partial charge in [0.1, 0.15) is 5.70 Å². The van der Waals surface area contributed by atoms with Crippen LogP contribution in [0.5, 0.6) is 0 Å². The van der Waals surface area contributed by atoms with E-state index in [0.717, 1.165) is 5.56 Å². The molecule has 0 aliphatic carbocycles. The van der Waals surface area contributed by atoms with Crippen molar-refractivity contribution in [2.45, 2.75) is 13.8 Å². The number of carbonyl (C=O) groups is 2. The van der Waals surface area contributed by atoms with Gasteiger partial charge in [-0.15, -0.1) is 0 Å². The lowest BCUT2D eigenvalue weighted by Crippen LogP contribution is -2.28. The Labute approximate surface area is 144 Å². The van der Waals surface area contributed by atoms with E-state index in [4.69, 9.17) is 0 Å². The second-order valence-corrected chi connectivity index (χ2v) is 5.41. The number of nitro benzene ring substituents is 1. The van der Waals surface area contributed by atoms with E-state index in [1.54, 1.807) is 12.1 Å². The van der Waals surface area contributed by atoms with Gasteiger partial charge in [-0.25, -0.2) is 0 Å². The molecule has 0 atom stereocenters. The molecule has 7 heteroatoms. The van der Waals surface area contributed by atoms with Crippen LogP contribution in [0.3, 0.4) is 0 Å². The van der Waals surface area contributed by atoms with E-state index >= 15 is 0 Å². The summed E-state index contributed by atoms with van der Waals surface area (Å²) in [5, 5.41) is 15.9. The summed E-state index contributed by atoms with van der Waals surface area (Å²) in [6.07, 6.45) is 1.45. The molecule has 0 radical (unpaired) electrons. The van der Waals surface area contributed by atoms with E-state index in [1.165, 1.54) is 37.3 Å². The summed E-state index contributed by atoms with van der Waals surface area (Å²) in [6.45, 7) is 3.23. The fraction of sp³-hybridized carbons (Fsp3) is 0.111. The fourth-order valence-electron chi connectivity index (χ4n) is 2.04. The second kappa shape index (κ2) is 7.87. The first-order valence-corrected chi connectivity index (χ1v) is 7.47. The number of non-ortho nitro benzene ring substituents is 1. The number of rotatable bonds is 5. The quantitative estimate of drug-likeness (QED) is 0.496. The first-order chi connectivity index (χ1) is 11.8. The number of hydrogen-bond donors (Lipinski definition) is 2. The molecular weight excluding hydrogens is 322 g/mol.